The third-order valence-electron chi connectivity index (χ3n) is 3.85. The standard InChI is InChI=1S/C16H24F3N7OS.HI/c1-11-24-25-13(26(11)2)9-22-15(20-6-4-8-27-3)21-7-5-14-23-12(10-28-14)16(17,18)19;/h10H,4-9H2,1-3H3,(H2,20,21,22);1H. The molecule has 0 atom stereocenters. The molecule has 0 spiro atoms. The molecule has 2 N–H and O–H groups in total. The Morgan fingerprint density at radius 3 is 2.59 bits per heavy atom. The van der Waals surface area contributed by atoms with E-state index in [2.05, 4.69) is 30.8 Å². The van der Waals surface area contributed by atoms with Crippen LogP contribution in [0.5, 0.6) is 0 Å². The summed E-state index contributed by atoms with van der Waals surface area (Å²) in [7, 11) is 3.49. The third-order valence-corrected chi connectivity index (χ3v) is 4.76. The number of guanidine groups is 1. The van der Waals surface area contributed by atoms with Gasteiger partial charge in [-0.25, -0.2) is 9.98 Å². The SMILES string of the molecule is COCCCNC(=NCc1nnc(C)n1C)NCCc1nc(C(F)(F)F)cs1.I. The van der Waals surface area contributed by atoms with Crippen molar-refractivity contribution in [3.05, 3.63) is 27.7 Å². The van der Waals surface area contributed by atoms with Crippen molar-refractivity contribution in [2.24, 2.45) is 12.0 Å². The maximum Gasteiger partial charge on any atom is 0.434 e. The summed E-state index contributed by atoms with van der Waals surface area (Å²) >= 11 is 0.998. The van der Waals surface area contributed by atoms with Crippen molar-refractivity contribution in [1.29, 1.82) is 0 Å². The Morgan fingerprint density at radius 2 is 2.00 bits per heavy atom. The minimum atomic E-state index is -4.41. The van der Waals surface area contributed by atoms with Crippen LogP contribution < -0.4 is 10.6 Å². The largest absolute Gasteiger partial charge is 0.434 e. The first kappa shape index (κ1) is 25.6. The van der Waals surface area contributed by atoms with E-state index in [1.807, 2.05) is 18.5 Å². The monoisotopic (exact) mass is 547 g/mol. The predicted molar refractivity (Wildman–Crippen MR) is 116 cm³/mol. The number of rotatable bonds is 9. The lowest BCUT2D eigenvalue weighted by molar-refractivity contribution is -0.140. The van der Waals surface area contributed by atoms with Gasteiger partial charge in [-0.1, -0.05) is 0 Å². The topological polar surface area (TPSA) is 89.2 Å². The Balaban J connectivity index is 0.00000420. The summed E-state index contributed by atoms with van der Waals surface area (Å²) in [5, 5.41) is 15.8. The molecule has 0 saturated heterocycles. The van der Waals surface area contributed by atoms with Crippen LogP contribution in [0.4, 0.5) is 13.2 Å². The van der Waals surface area contributed by atoms with Gasteiger partial charge in [0.25, 0.3) is 0 Å². The average molecular weight is 547 g/mol. The molecule has 0 bridgehead atoms. The lowest BCUT2D eigenvalue weighted by atomic mass is 10.4. The zero-order chi connectivity index (χ0) is 20.6. The second-order valence-corrected chi connectivity index (χ2v) is 6.90. The third kappa shape index (κ3) is 8.42. The van der Waals surface area contributed by atoms with Gasteiger partial charge in [-0.05, 0) is 13.3 Å². The molecule has 0 aliphatic rings. The first-order chi connectivity index (χ1) is 13.3. The number of aryl methyl sites for hydroxylation is 1. The first-order valence-corrected chi connectivity index (χ1v) is 9.56. The van der Waals surface area contributed by atoms with Gasteiger partial charge in [0, 0.05) is 45.7 Å². The molecular weight excluding hydrogens is 522 g/mol. The number of nitrogens with one attached hydrogen (secondary N) is 2. The van der Waals surface area contributed by atoms with E-state index in [1.54, 1.807) is 7.11 Å². The molecule has 2 heterocycles. The van der Waals surface area contributed by atoms with E-state index in [-0.39, 0.29) is 24.0 Å². The van der Waals surface area contributed by atoms with E-state index in [1.165, 1.54) is 0 Å². The second kappa shape index (κ2) is 12.3. The van der Waals surface area contributed by atoms with Gasteiger partial charge in [0.05, 0.1) is 5.01 Å². The summed E-state index contributed by atoms with van der Waals surface area (Å²) in [4.78, 5) is 8.10. The highest BCUT2D eigenvalue weighted by Gasteiger charge is 2.33. The molecule has 0 aliphatic heterocycles. The van der Waals surface area contributed by atoms with Gasteiger partial charge >= 0.3 is 6.18 Å². The van der Waals surface area contributed by atoms with Gasteiger partial charge in [0.2, 0.25) is 0 Å². The molecule has 0 fully saturated rings. The van der Waals surface area contributed by atoms with Crippen LogP contribution in [0.2, 0.25) is 0 Å². The lowest BCUT2D eigenvalue weighted by Gasteiger charge is -2.12. The molecule has 0 amide bonds. The summed E-state index contributed by atoms with van der Waals surface area (Å²) in [6, 6.07) is 0. The number of aromatic nitrogens is 4. The van der Waals surface area contributed by atoms with Crippen LogP contribution in [0.1, 0.15) is 28.8 Å². The quantitative estimate of drug-likeness (QED) is 0.217. The van der Waals surface area contributed by atoms with Crippen LogP contribution in [-0.2, 0) is 30.9 Å². The van der Waals surface area contributed by atoms with Crippen molar-refractivity contribution >= 4 is 41.3 Å². The Hall–Kier alpha value is -1.48. The second-order valence-electron chi connectivity index (χ2n) is 5.96. The highest BCUT2D eigenvalue weighted by atomic mass is 127. The minimum absolute atomic E-state index is 0. The molecule has 0 radical (unpaired) electrons. The first-order valence-electron chi connectivity index (χ1n) is 8.69. The number of methoxy groups -OCH3 is 1. The fraction of sp³-hybridized carbons (Fsp3) is 0.625. The van der Waals surface area contributed by atoms with Crippen molar-refractivity contribution in [2.45, 2.75) is 32.5 Å². The molecule has 0 saturated carbocycles. The van der Waals surface area contributed by atoms with E-state index in [0.29, 0.717) is 49.5 Å². The number of nitrogens with zero attached hydrogens (tertiary/aromatic N) is 5. The van der Waals surface area contributed by atoms with Gasteiger partial charge in [-0.3, -0.25) is 0 Å². The van der Waals surface area contributed by atoms with Crippen LogP contribution in [0.15, 0.2) is 10.4 Å². The Kier molecular flexibility index (Phi) is 10.8. The molecule has 2 aromatic rings. The van der Waals surface area contributed by atoms with Crippen LogP contribution in [-0.4, -0.2) is 52.5 Å². The van der Waals surface area contributed by atoms with E-state index in [4.69, 9.17) is 4.74 Å². The summed E-state index contributed by atoms with van der Waals surface area (Å²) in [6.45, 7) is 3.84. The molecule has 0 aromatic carbocycles. The summed E-state index contributed by atoms with van der Waals surface area (Å²) in [5.74, 6) is 2.05. The number of hydrogen-bond acceptors (Lipinski definition) is 6. The van der Waals surface area contributed by atoms with E-state index in [9.17, 15) is 13.2 Å². The normalized spacial score (nSPS) is 12.0. The number of aliphatic imine (C=N–C) groups is 1. The molecule has 2 rings (SSSR count). The molecule has 29 heavy (non-hydrogen) atoms. The maximum atomic E-state index is 12.6. The number of halogens is 4. The summed E-state index contributed by atoms with van der Waals surface area (Å²) in [6.07, 6.45) is -3.25. The van der Waals surface area contributed by atoms with Crippen molar-refractivity contribution in [3.8, 4) is 0 Å². The minimum Gasteiger partial charge on any atom is -0.385 e. The Labute approximate surface area is 188 Å². The fourth-order valence-corrected chi connectivity index (χ4v) is 2.98. The number of thiazole rings is 1. The number of ether oxygens (including phenoxy) is 1. The fourth-order valence-electron chi connectivity index (χ4n) is 2.18. The molecule has 0 aliphatic carbocycles. The van der Waals surface area contributed by atoms with Crippen LogP contribution >= 0.6 is 35.3 Å². The Morgan fingerprint density at radius 1 is 1.28 bits per heavy atom. The van der Waals surface area contributed by atoms with Crippen molar-refractivity contribution in [3.63, 3.8) is 0 Å². The maximum absolute atomic E-state index is 12.6. The zero-order valence-corrected chi connectivity index (χ0v) is 19.6. The lowest BCUT2D eigenvalue weighted by Crippen LogP contribution is -2.39. The van der Waals surface area contributed by atoms with Gasteiger partial charge in [0.1, 0.15) is 12.4 Å². The van der Waals surface area contributed by atoms with Crippen molar-refractivity contribution in [1.82, 2.24) is 30.4 Å². The number of hydrogen-bond donors (Lipinski definition) is 2. The van der Waals surface area contributed by atoms with Gasteiger partial charge in [-0.15, -0.1) is 45.5 Å². The molecule has 164 valence electrons. The smallest absolute Gasteiger partial charge is 0.385 e. The van der Waals surface area contributed by atoms with Crippen molar-refractivity contribution < 1.29 is 17.9 Å². The molecule has 8 nitrogen and oxygen atoms in total. The van der Waals surface area contributed by atoms with Crippen LogP contribution in [0.3, 0.4) is 0 Å². The van der Waals surface area contributed by atoms with Crippen LogP contribution in [0, 0.1) is 6.92 Å². The van der Waals surface area contributed by atoms with Gasteiger partial charge in [-0.2, -0.15) is 13.2 Å². The van der Waals surface area contributed by atoms with E-state index >= 15 is 0 Å². The van der Waals surface area contributed by atoms with Crippen LogP contribution in [0.25, 0.3) is 0 Å². The van der Waals surface area contributed by atoms with Crippen molar-refractivity contribution in [2.75, 3.05) is 26.8 Å². The predicted octanol–water partition coefficient (Wildman–Crippen LogP) is 2.53. The number of alkyl halides is 3. The zero-order valence-electron chi connectivity index (χ0n) is 16.4. The molecule has 2 aromatic heterocycles. The average Bonchev–Trinajstić information content (AvgIpc) is 3.24. The summed E-state index contributed by atoms with van der Waals surface area (Å²) < 4.78 is 44.7. The van der Waals surface area contributed by atoms with E-state index in [0.717, 1.165) is 29.0 Å². The summed E-state index contributed by atoms with van der Waals surface area (Å²) in [5.41, 5.74) is -0.850. The highest BCUT2D eigenvalue weighted by Crippen LogP contribution is 2.29. The van der Waals surface area contributed by atoms with E-state index < -0.39 is 11.9 Å². The Bertz CT molecular complexity index is 779. The molecular formula is C16H25F3IN7OS. The highest BCUT2D eigenvalue weighted by molar-refractivity contribution is 14.0. The molecule has 13 heteroatoms. The van der Waals surface area contributed by atoms with Gasteiger partial charge < -0.3 is 19.9 Å². The molecule has 0 unspecified atom stereocenters. The van der Waals surface area contributed by atoms with Gasteiger partial charge in [0.15, 0.2) is 17.5 Å².